The summed E-state index contributed by atoms with van der Waals surface area (Å²) in [6, 6.07) is 37.2. The molecule has 0 atom stereocenters. The second-order valence-corrected chi connectivity index (χ2v) is 23.8. The predicted molar refractivity (Wildman–Crippen MR) is 336 cm³/mol. The lowest BCUT2D eigenvalue weighted by molar-refractivity contribution is 1.18. The molecular formula is C73H78B2. The SMILES string of the molecule is Cc1cc(C)c(B(c2c(C)cc(C)cc2C)c2cc(-c3c(C)cc(C)c(C)c3C)c3ccc4c(B(c5c(C)cc(C)cc5C)c5c(C)cc(C)cc5C)cc(-c5c(C)c(C)c(C)c(C)c5C)c5ccc2c3c45)c(C)c1. The highest BCUT2D eigenvalue weighted by Gasteiger charge is 2.35. The molecule has 10 aromatic rings. The molecule has 0 aliphatic carbocycles. The minimum atomic E-state index is -0.0191. The molecule has 0 saturated heterocycles. The van der Waals surface area contributed by atoms with Crippen LogP contribution in [0.2, 0.25) is 0 Å². The minimum Gasteiger partial charge on any atom is -0.0629 e. The van der Waals surface area contributed by atoms with Crippen LogP contribution in [-0.4, -0.2) is 13.4 Å². The van der Waals surface area contributed by atoms with Gasteiger partial charge >= 0.3 is 0 Å². The van der Waals surface area contributed by atoms with Gasteiger partial charge in [0.1, 0.15) is 0 Å². The maximum atomic E-state index is 2.66. The maximum Gasteiger partial charge on any atom is 0.243 e. The average molecular weight is 977 g/mol. The van der Waals surface area contributed by atoms with Crippen molar-refractivity contribution in [3.63, 3.8) is 0 Å². The summed E-state index contributed by atoms with van der Waals surface area (Å²) < 4.78 is 0. The minimum absolute atomic E-state index is 0.0176. The van der Waals surface area contributed by atoms with Gasteiger partial charge in [0.05, 0.1) is 0 Å². The van der Waals surface area contributed by atoms with E-state index in [0.29, 0.717) is 0 Å². The van der Waals surface area contributed by atoms with Gasteiger partial charge in [-0.1, -0.05) is 191 Å². The summed E-state index contributed by atoms with van der Waals surface area (Å²) in [5.41, 5.74) is 42.1. The average Bonchev–Trinajstić information content (AvgIpc) is 3.32. The first kappa shape index (κ1) is 51.8. The van der Waals surface area contributed by atoms with Gasteiger partial charge in [-0.25, -0.2) is 0 Å². The fourth-order valence-electron chi connectivity index (χ4n) is 15.0. The second-order valence-electron chi connectivity index (χ2n) is 23.8. The maximum absolute atomic E-state index is 2.66. The quantitative estimate of drug-likeness (QED) is 0.105. The highest BCUT2D eigenvalue weighted by Crippen LogP contribution is 2.46. The second kappa shape index (κ2) is 18.9. The van der Waals surface area contributed by atoms with E-state index in [4.69, 9.17) is 0 Å². The van der Waals surface area contributed by atoms with Crippen LogP contribution in [-0.2, 0) is 0 Å². The summed E-state index contributed by atoms with van der Waals surface area (Å²) in [6.45, 7) is 48.9. The summed E-state index contributed by atoms with van der Waals surface area (Å²) in [4.78, 5) is 0. The van der Waals surface area contributed by atoms with Crippen molar-refractivity contribution < 1.29 is 0 Å². The number of hydrogen-bond acceptors (Lipinski definition) is 0. The molecule has 0 unspecified atom stereocenters. The summed E-state index contributed by atoms with van der Waals surface area (Å²) in [5.74, 6) is 0. The lowest BCUT2D eigenvalue weighted by Gasteiger charge is -2.30. The zero-order valence-corrected chi connectivity index (χ0v) is 49.3. The Hall–Kier alpha value is -6.63. The van der Waals surface area contributed by atoms with E-state index in [-0.39, 0.29) is 13.4 Å². The van der Waals surface area contributed by atoms with E-state index in [1.807, 2.05) is 0 Å². The van der Waals surface area contributed by atoms with Gasteiger partial charge in [-0.3, -0.25) is 0 Å². The molecule has 0 aliphatic heterocycles. The molecule has 0 fully saturated rings. The molecular weight excluding hydrogens is 898 g/mol. The molecule has 0 aliphatic rings. The zero-order valence-electron chi connectivity index (χ0n) is 49.3. The Morgan fingerprint density at radius 1 is 0.227 bits per heavy atom. The molecule has 376 valence electrons. The Labute approximate surface area is 451 Å². The lowest BCUT2D eigenvalue weighted by atomic mass is 9.33. The molecule has 10 aromatic carbocycles. The van der Waals surface area contributed by atoms with E-state index < -0.39 is 0 Å². The Bertz CT molecular complexity index is 3820. The van der Waals surface area contributed by atoms with E-state index >= 15 is 0 Å². The van der Waals surface area contributed by atoms with Gasteiger partial charge in [0.15, 0.2) is 0 Å². The smallest absolute Gasteiger partial charge is 0.0629 e. The standard InChI is InChI=1S/C73H78B2/c1-37-26-43(7)70(44(8)27-37)74(71-45(9)28-38(2)29-46(71)10)64-35-62(66-42(6)34-41(5)51(15)55(66)19)58-22-24-61-65(75(72-47(11)30-39(3)31-48(72)12)73-49(13)32-40(4)33-50(73)14)36-63(59-23-25-60(64)68(58)69(59)61)67-56(20)53(17)52(16)54(18)57(67)21/h22-36H,1-21H3. The monoisotopic (exact) mass is 977 g/mol. The van der Waals surface area contributed by atoms with Crippen molar-refractivity contribution in [2.45, 2.75) is 145 Å². The summed E-state index contributed by atoms with van der Waals surface area (Å²) in [7, 11) is 0. The third-order valence-corrected chi connectivity index (χ3v) is 18.6. The van der Waals surface area contributed by atoms with Crippen LogP contribution in [0.4, 0.5) is 0 Å². The van der Waals surface area contributed by atoms with Gasteiger partial charge in [-0.2, -0.15) is 0 Å². The van der Waals surface area contributed by atoms with Gasteiger partial charge < -0.3 is 0 Å². The number of rotatable bonds is 8. The molecule has 2 heteroatoms. The molecule has 10 rings (SSSR count). The van der Waals surface area contributed by atoms with Crippen LogP contribution < -0.4 is 32.8 Å². The van der Waals surface area contributed by atoms with Crippen molar-refractivity contribution in [3.8, 4) is 22.3 Å². The van der Waals surface area contributed by atoms with Crippen LogP contribution in [0.3, 0.4) is 0 Å². The highest BCUT2D eigenvalue weighted by molar-refractivity contribution is 6.99. The van der Waals surface area contributed by atoms with Crippen LogP contribution in [0.15, 0.2) is 91.0 Å². The Morgan fingerprint density at radius 2 is 0.493 bits per heavy atom. The van der Waals surface area contributed by atoms with E-state index in [9.17, 15) is 0 Å². The molecule has 0 nitrogen and oxygen atoms in total. The van der Waals surface area contributed by atoms with Crippen LogP contribution in [0.25, 0.3) is 54.6 Å². The molecule has 0 saturated carbocycles. The molecule has 0 spiro atoms. The molecule has 0 heterocycles. The van der Waals surface area contributed by atoms with Crippen molar-refractivity contribution in [1.29, 1.82) is 0 Å². The third kappa shape index (κ3) is 8.20. The zero-order chi connectivity index (χ0) is 54.1. The molecule has 0 aromatic heterocycles. The van der Waals surface area contributed by atoms with E-state index in [0.717, 1.165) is 0 Å². The van der Waals surface area contributed by atoms with Crippen molar-refractivity contribution in [3.05, 3.63) is 208 Å². The van der Waals surface area contributed by atoms with Crippen LogP contribution in [0, 0.1) is 145 Å². The van der Waals surface area contributed by atoms with Gasteiger partial charge in [-0.15, -0.1) is 0 Å². The molecule has 0 N–H and O–H groups in total. The first-order chi connectivity index (χ1) is 35.4. The number of aryl methyl sites for hydroxylation is 14. The Balaban J connectivity index is 1.52. The normalized spacial score (nSPS) is 11.8. The highest BCUT2D eigenvalue weighted by atomic mass is 14.3. The third-order valence-electron chi connectivity index (χ3n) is 18.6. The van der Waals surface area contributed by atoms with Gasteiger partial charge in [0.2, 0.25) is 13.4 Å². The van der Waals surface area contributed by atoms with Crippen molar-refractivity contribution >= 4 is 78.5 Å². The van der Waals surface area contributed by atoms with Crippen LogP contribution in [0.1, 0.15) is 117 Å². The van der Waals surface area contributed by atoms with Gasteiger partial charge in [0.25, 0.3) is 0 Å². The van der Waals surface area contributed by atoms with Gasteiger partial charge in [0, 0.05) is 0 Å². The van der Waals surface area contributed by atoms with Gasteiger partial charge in [-0.05, 0) is 250 Å². The van der Waals surface area contributed by atoms with Crippen molar-refractivity contribution in [2.75, 3.05) is 0 Å². The number of benzene rings is 10. The molecule has 0 bridgehead atoms. The fraction of sp³-hybridized carbons (Fsp3) is 0.288. The number of hydrogen-bond donors (Lipinski definition) is 0. The molecule has 75 heavy (non-hydrogen) atoms. The van der Waals surface area contributed by atoms with E-state index in [2.05, 4.69) is 236 Å². The van der Waals surface area contributed by atoms with Crippen molar-refractivity contribution in [1.82, 2.24) is 0 Å². The predicted octanol–water partition coefficient (Wildman–Crippen LogP) is 15.4. The fourth-order valence-corrected chi connectivity index (χ4v) is 15.0. The topological polar surface area (TPSA) is 0 Å². The van der Waals surface area contributed by atoms with Crippen LogP contribution >= 0.6 is 0 Å². The first-order valence-electron chi connectivity index (χ1n) is 27.7. The van der Waals surface area contributed by atoms with E-state index in [1.54, 1.807) is 0 Å². The molecule has 0 amide bonds. The van der Waals surface area contributed by atoms with Crippen LogP contribution in [0.5, 0.6) is 0 Å². The summed E-state index contributed by atoms with van der Waals surface area (Å²) in [5, 5.41) is 8.07. The Morgan fingerprint density at radius 3 is 0.813 bits per heavy atom. The van der Waals surface area contributed by atoms with E-state index in [1.165, 1.54) is 204 Å². The van der Waals surface area contributed by atoms with Crippen molar-refractivity contribution in [2.24, 2.45) is 0 Å². The lowest BCUT2D eigenvalue weighted by Crippen LogP contribution is -2.56. The summed E-state index contributed by atoms with van der Waals surface area (Å²) in [6.07, 6.45) is 0. The Kier molecular flexibility index (Phi) is 13.1. The molecule has 0 radical (unpaired) electrons. The summed E-state index contributed by atoms with van der Waals surface area (Å²) >= 11 is 0. The first-order valence-corrected chi connectivity index (χ1v) is 27.7. The largest absolute Gasteiger partial charge is 0.243 e.